The van der Waals surface area contributed by atoms with Crippen LogP contribution in [0.5, 0.6) is 0 Å². The Labute approximate surface area is 63.8 Å². The fourth-order valence-electron chi connectivity index (χ4n) is 0.791. The van der Waals surface area contributed by atoms with Gasteiger partial charge in [0.15, 0.2) is 0 Å². The van der Waals surface area contributed by atoms with Crippen molar-refractivity contribution in [3.05, 3.63) is 21.8 Å². The first-order valence-corrected chi connectivity index (χ1v) is 3.91. The van der Waals surface area contributed by atoms with Crippen molar-refractivity contribution in [1.29, 1.82) is 0 Å². The first kappa shape index (κ1) is 6.33. The Kier molecular flexibility index (Phi) is 2.11. The fourth-order valence-corrected chi connectivity index (χ4v) is 1.66. The van der Waals surface area contributed by atoms with Crippen molar-refractivity contribution < 1.29 is 0 Å². The number of hydrogen-bond donors (Lipinski definition) is 0. The van der Waals surface area contributed by atoms with Crippen LogP contribution in [0.3, 0.4) is 0 Å². The average molecular weight is 220 g/mol. The van der Waals surface area contributed by atoms with E-state index in [-0.39, 0.29) is 0 Å². The van der Waals surface area contributed by atoms with Crippen LogP contribution in [-0.4, -0.2) is 0 Å². The summed E-state index contributed by atoms with van der Waals surface area (Å²) >= 11 is 2.35. The molecule has 0 amide bonds. The Morgan fingerprint density at radius 2 is 2.50 bits per heavy atom. The summed E-state index contributed by atoms with van der Waals surface area (Å²) in [5, 5.41) is 0. The lowest BCUT2D eigenvalue weighted by molar-refractivity contribution is 0.736. The molecule has 1 heteroatoms. The van der Waals surface area contributed by atoms with E-state index in [1.165, 1.54) is 10.0 Å². The van der Waals surface area contributed by atoms with Crippen molar-refractivity contribution >= 4 is 22.6 Å². The van der Waals surface area contributed by atoms with E-state index in [0.29, 0.717) is 0 Å². The van der Waals surface area contributed by atoms with Crippen molar-refractivity contribution in [2.45, 2.75) is 13.3 Å². The second-order valence-corrected chi connectivity index (χ2v) is 3.41. The molecule has 0 aromatic carbocycles. The molecule has 1 unspecified atom stereocenters. The van der Waals surface area contributed by atoms with E-state index in [0.717, 1.165) is 5.92 Å². The van der Waals surface area contributed by atoms with Crippen molar-refractivity contribution in [3.63, 3.8) is 0 Å². The highest BCUT2D eigenvalue weighted by atomic mass is 127. The molecule has 0 nitrogen and oxygen atoms in total. The van der Waals surface area contributed by atoms with Gasteiger partial charge >= 0.3 is 0 Å². The van der Waals surface area contributed by atoms with Crippen LogP contribution in [-0.2, 0) is 0 Å². The van der Waals surface area contributed by atoms with Gasteiger partial charge in [0.1, 0.15) is 0 Å². The Hall–Kier alpha value is 0.210. The predicted octanol–water partition coefficient (Wildman–Crippen LogP) is 2.90. The second kappa shape index (κ2) is 2.67. The van der Waals surface area contributed by atoms with Crippen LogP contribution in [0.15, 0.2) is 21.8 Å². The van der Waals surface area contributed by atoms with Crippen molar-refractivity contribution in [2.24, 2.45) is 5.92 Å². The normalized spacial score (nSPS) is 27.8. The van der Waals surface area contributed by atoms with Crippen molar-refractivity contribution in [3.8, 4) is 0 Å². The predicted molar refractivity (Wildman–Crippen MR) is 45.0 cm³/mol. The van der Waals surface area contributed by atoms with Crippen LogP contribution in [0.4, 0.5) is 0 Å². The maximum absolute atomic E-state index is 2.35. The monoisotopic (exact) mass is 220 g/mol. The fraction of sp³-hybridized carbons (Fsp3) is 0.429. The molecular weight excluding hydrogens is 211 g/mol. The van der Waals surface area contributed by atoms with Crippen molar-refractivity contribution in [2.75, 3.05) is 0 Å². The number of rotatable bonds is 0. The third-order valence-electron chi connectivity index (χ3n) is 1.23. The summed E-state index contributed by atoms with van der Waals surface area (Å²) in [7, 11) is 0. The zero-order valence-corrected chi connectivity index (χ0v) is 7.05. The summed E-state index contributed by atoms with van der Waals surface area (Å²) < 4.78 is 1.38. The van der Waals surface area contributed by atoms with E-state index in [1.54, 1.807) is 0 Å². The highest BCUT2D eigenvalue weighted by molar-refractivity contribution is 14.1. The lowest BCUT2D eigenvalue weighted by Gasteiger charge is -2.06. The quantitative estimate of drug-likeness (QED) is 0.550. The molecule has 0 heterocycles. The molecular formula is C7H9I. The molecule has 0 bridgehead atoms. The van der Waals surface area contributed by atoms with E-state index in [4.69, 9.17) is 0 Å². The Morgan fingerprint density at radius 3 is 2.88 bits per heavy atom. The van der Waals surface area contributed by atoms with Gasteiger partial charge in [0.2, 0.25) is 0 Å². The van der Waals surface area contributed by atoms with Gasteiger partial charge in [-0.05, 0) is 34.9 Å². The van der Waals surface area contributed by atoms with Crippen LogP contribution in [0.1, 0.15) is 13.3 Å². The van der Waals surface area contributed by atoms with E-state index >= 15 is 0 Å². The Morgan fingerprint density at radius 1 is 1.75 bits per heavy atom. The summed E-state index contributed by atoms with van der Waals surface area (Å²) in [6, 6.07) is 0. The van der Waals surface area contributed by atoms with Gasteiger partial charge in [-0.25, -0.2) is 0 Å². The van der Waals surface area contributed by atoms with Gasteiger partial charge in [-0.2, -0.15) is 0 Å². The molecule has 0 aromatic rings. The van der Waals surface area contributed by atoms with Crippen LogP contribution in [0.25, 0.3) is 0 Å². The van der Waals surface area contributed by atoms with Gasteiger partial charge in [0.25, 0.3) is 0 Å². The lowest BCUT2D eigenvalue weighted by atomic mass is 10.0. The number of halogens is 1. The molecule has 0 saturated carbocycles. The molecule has 0 aliphatic heterocycles. The highest BCUT2D eigenvalue weighted by Gasteiger charge is 1.99. The van der Waals surface area contributed by atoms with E-state index in [2.05, 4.69) is 47.7 Å². The summed E-state index contributed by atoms with van der Waals surface area (Å²) in [6.07, 6.45) is 7.90. The molecule has 1 aliphatic rings. The minimum atomic E-state index is 0.756. The SMILES string of the molecule is CC1C=C(I)C=CC1. The zero-order chi connectivity index (χ0) is 5.98. The standard InChI is InChI=1S/C7H9I/c1-6-3-2-4-7(8)5-6/h2,4-6H,3H2,1H3. The van der Waals surface area contributed by atoms with Gasteiger partial charge < -0.3 is 0 Å². The van der Waals surface area contributed by atoms with Gasteiger partial charge in [-0.3, -0.25) is 0 Å². The number of hydrogen-bond acceptors (Lipinski definition) is 0. The van der Waals surface area contributed by atoms with Crippen LogP contribution >= 0.6 is 22.6 Å². The molecule has 0 N–H and O–H groups in total. The molecule has 1 atom stereocenters. The van der Waals surface area contributed by atoms with Crippen LogP contribution in [0, 0.1) is 5.92 Å². The van der Waals surface area contributed by atoms with Gasteiger partial charge in [-0.1, -0.05) is 25.2 Å². The Balaban J connectivity index is 2.63. The maximum Gasteiger partial charge on any atom is 0.00896 e. The molecule has 1 aliphatic carbocycles. The first-order chi connectivity index (χ1) is 3.79. The molecule has 0 saturated heterocycles. The summed E-state index contributed by atoms with van der Waals surface area (Å²) in [5.41, 5.74) is 0. The lowest BCUT2D eigenvalue weighted by Crippen LogP contribution is -1.90. The van der Waals surface area contributed by atoms with E-state index in [1.807, 2.05) is 0 Å². The first-order valence-electron chi connectivity index (χ1n) is 2.83. The van der Waals surface area contributed by atoms with Crippen LogP contribution in [0.2, 0.25) is 0 Å². The molecule has 8 heavy (non-hydrogen) atoms. The average Bonchev–Trinajstić information content (AvgIpc) is 1.64. The highest BCUT2D eigenvalue weighted by Crippen LogP contribution is 2.19. The van der Waals surface area contributed by atoms with E-state index < -0.39 is 0 Å². The molecule has 0 radical (unpaired) electrons. The summed E-state index contributed by atoms with van der Waals surface area (Å²) in [5.74, 6) is 0.756. The molecule has 0 fully saturated rings. The second-order valence-electron chi connectivity index (χ2n) is 2.17. The number of allylic oxidation sites excluding steroid dienone is 4. The minimum Gasteiger partial charge on any atom is -0.0829 e. The third-order valence-corrected chi connectivity index (χ3v) is 1.95. The smallest absolute Gasteiger partial charge is 0.00896 e. The maximum atomic E-state index is 2.35. The van der Waals surface area contributed by atoms with Gasteiger partial charge in [0.05, 0.1) is 0 Å². The topological polar surface area (TPSA) is 0 Å². The molecule has 0 aromatic heterocycles. The molecule has 44 valence electrons. The summed E-state index contributed by atoms with van der Waals surface area (Å²) in [6.45, 7) is 2.24. The summed E-state index contributed by atoms with van der Waals surface area (Å²) in [4.78, 5) is 0. The minimum absolute atomic E-state index is 0.756. The van der Waals surface area contributed by atoms with Gasteiger partial charge in [0, 0.05) is 3.58 Å². The molecule has 1 rings (SSSR count). The largest absolute Gasteiger partial charge is 0.0829 e. The van der Waals surface area contributed by atoms with Gasteiger partial charge in [-0.15, -0.1) is 0 Å². The Bertz CT molecular complexity index is 133. The zero-order valence-electron chi connectivity index (χ0n) is 4.89. The van der Waals surface area contributed by atoms with Crippen LogP contribution < -0.4 is 0 Å². The third kappa shape index (κ3) is 1.62. The van der Waals surface area contributed by atoms with E-state index in [9.17, 15) is 0 Å². The van der Waals surface area contributed by atoms with Crippen molar-refractivity contribution in [1.82, 2.24) is 0 Å². The molecule has 0 spiro atoms.